The molecule has 1 aromatic heterocycles. The van der Waals surface area contributed by atoms with Crippen molar-refractivity contribution in [3.63, 3.8) is 0 Å². The predicted molar refractivity (Wildman–Crippen MR) is 128 cm³/mol. The van der Waals surface area contributed by atoms with Crippen molar-refractivity contribution in [3.8, 4) is 0 Å². The number of halogens is 1. The summed E-state index contributed by atoms with van der Waals surface area (Å²) in [5.74, 6) is 0.617. The van der Waals surface area contributed by atoms with E-state index in [2.05, 4.69) is 11.0 Å². The average Bonchev–Trinajstić information content (AvgIpc) is 3.30. The van der Waals surface area contributed by atoms with Crippen LogP contribution in [-0.2, 0) is 16.0 Å². The van der Waals surface area contributed by atoms with Gasteiger partial charge in [-0.25, -0.2) is 9.78 Å². The summed E-state index contributed by atoms with van der Waals surface area (Å²) < 4.78 is 11.2. The number of amides is 2. The Kier molecular flexibility index (Phi) is 5.76. The van der Waals surface area contributed by atoms with Crippen LogP contribution in [0.4, 0.5) is 16.2 Å². The van der Waals surface area contributed by atoms with E-state index in [-0.39, 0.29) is 12.1 Å². The first-order valence-electron chi connectivity index (χ1n) is 11.2. The fraction of sp³-hybridized carbons (Fsp3) is 0.458. The summed E-state index contributed by atoms with van der Waals surface area (Å²) in [6, 6.07) is 9.34. The lowest BCUT2D eigenvalue weighted by Gasteiger charge is -2.36. The van der Waals surface area contributed by atoms with Crippen LogP contribution in [0, 0.1) is 0 Å². The molecule has 3 aliphatic rings. The Labute approximate surface area is 198 Å². The number of fused-ring (bicyclic) bond motifs is 3. The molecular weight excluding hydrogens is 442 g/mol. The van der Waals surface area contributed by atoms with Crippen LogP contribution in [0.15, 0.2) is 41.5 Å². The maximum Gasteiger partial charge on any atom is 0.330 e. The van der Waals surface area contributed by atoms with Crippen molar-refractivity contribution in [1.82, 2.24) is 9.88 Å². The molecule has 0 spiro atoms. The number of methoxy groups -OCH3 is 1. The molecule has 5 rings (SSSR count). The Balaban J connectivity index is 1.56. The maximum absolute atomic E-state index is 13.7. The highest BCUT2D eigenvalue weighted by Crippen LogP contribution is 2.36. The molecule has 0 bridgehead atoms. The van der Waals surface area contributed by atoms with Gasteiger partial charge in [0.1, 0.15) is 5.69 Å². The van der Waals surface area contributed by atoms with E-state index in [1.54, 1.807) is 16.9 Å². The van der Waals surface area contributed by atoms with Gasteiger partial charge in [-0.05, 0) is 37.6 Å². The van der Waals surface area contributed by atoms with Crippen molar-refractivity contribution in [3.05, 3.63) is 52.8 Å². The van der Waals surface area contributed by atoms with Crippen molar-refractivity contribution in [2.24, 2.45) is 4.99 Å². The normalized spacial score (nSPS) is 20.6. The van der Waals surface area contributed by atoms with Gasteiger partial charge in [-0.2, -0.15) is 0 Å². The third kappa shape index (κ3) is 4.07. The van der Waals surface area contributed by atoms with Crippen LogP contribution in [0.1, 0.15) is 25.1 Å². The van der Waals surface area contributed by atoms with Gasteiger partial charge in [0, 0.05) is 25.2 Å². The topological polar surface area (TPSA) is 70.5 Å². The van der Waals surface area contributed by atoms with Crippen molar-refractivity contribution < 1.29 is 14.3 Å². The highest BCUT2D eigenvalue weighted by Gasteiger charge is 2.45. The standard InChI is InChI=1S/C24H28ClN5O3/c1-24(2,32-3)20-15-30-22(27-20)21-19(12-18(13-26-21)28-8-10-33-11-9-28)29(23(30)31)14-16-4-6-17(25)7-5-16/h4-7,12-13,20H,8-11,14-15H2,1-3H3. The molecule has 0 radical (unpaired) electrons. The second-order valence-electron chi connectivity index (χ2n) is 9.04. The Hall–Kier alpha value is -2.68. The lowest BCUT2D eigenvalue weighted by Crippen LogP contribution is -2.51. The number of pyridine rings is 1. The van der Waals surface area contributed by atoms with Crippen LogP contribution in [0.2, 0.25) is 5.02 Å². The Morgan fingerprint density at radius 3 is 2.64 bits per heavy atom. The van der Waals surface area contributed by atoms with Gasteiger partial charge in [0.2, 0.25) is 0 Å². The molecule has 3 aliphatic heterocycles. The van der Waals surface area contributed by atoms with E-state index in [4.69, 9.17) is 31.1 Å². The Bertz CT molecular complexity index is 1080. The first-order valence-corrected chi connectivity index (χ1v) is 11.5. The second kappa shape index (κ2) is 8.59. The number of hydrogen-bond donors (Lipinski definition) is 0. The Morgan fingerprint density at radius 2 is 1.94 bits per heavy atom. The number of ether oxygens (including phenoxy) is 2. The summed E-state index contributed by atoms with van der Waals surface area (Å²) in [6.07, 6.45) is 1.87. The van der Waals surface area contributed by atoms with Gasteiger partial charge in [0.15, 0.2) is 5.84 Å². The number of aromatic nitrogens is 1. The van der Waals surface area contributed by atoms with Crippen LogP contribution in [0.25, 0.3) is 0 Å². The molecule has 174 valence electrons. The van der Waals surface area contributed by atoms with E-state index < -0.39 is 5.60 Å². The SMILES string of the molecule is COC(C)(C)C1CN2C(=O)N(Cc3ccc(Cl)cc3)c3cc(N4CCOCC4)cnc3C2=N1. The van der Waals surface area contributed by atoms with E-state index in [1.165, 1.54) is 0 Å². The number of benzene rings is 1. The summed E-state index contributed by atoms with van der Waals surface area (Å²) in [5.41, 5.74) is 2.95. The lowest BCUT2D eigenvalue weighted by molar-refractivity contribution is 0.00209. The minimum absolute atomic E-state index is 0.105. The summed E-state index contributed by atoms with van der Waals surface area (Å²) in [4.78, 5) is 29.2. The quantitative estimate of drug-likeness (QED) is 0.669. The lowest BCUT2D eigenvalue weighted by atomic mass is 10.00. The molecule has 4 heterocycles. The van der Waals surface area contributed by atoms with Crippen LogP contribution in [0.3, 0.4) is 0 Å². The molecule has 8 nitrogen and oxygen atoms in total. The van der Waals surface area contributed by atoms with Crippen molar-refractivity contribution >= 4 is 34.8 Å². The molecule has 0 saturated carbocycles. The fourth-order valence-corrected chi connectivity index (χ4v) is 4.50. The van der Waals surface area contributed by atoms with E-state index in [0.717, 1.165) is 35.7 Å². The zero-order valence-electron chi connectivity index (χ0n) is 19.1. The van der Waals surface area contributed by atoms with Gasteiger partial charge in [0.25, 0.3) is 0 Å². The summed E-state index contributed by atoms with van der Waals surface area (Å²) >= 11 is 6.07. The number of aliphatic imine (C=N–C) groups is 1. The van der Waals surface area contributed by atoms with Crippen LogP contribution in [0.5, 0.6) is 0 Å². The zero-order chi connectivity index (χ0) is 23.2. The maximum atomic E-state index is 13.7. The molecule has 1 unspecified atom stereocenters. The molecule has 0 N–H and O–H groups in total. The number of carbonyl (C=O) groups is 1. The van der Waals surface area contributed by atoms with E-state index in [1.807, 2.05) is 44.3 Å². The number of morpholine rings is 1. The van der Waals surface area contributed by atoms with Gasteiger partial charge >= 0.3 is 6.03 Å². The van der Waals surface area contributed by atoms with E-state index in [9.17, 15) is 4.79 Å². The number of carbonyl (C=O) groups excluding carboxylic acids is 1. The first kappa shape index (κ1) is 22.1. The monoisotopic (exact) mass is 469 g/mol. The minimum atomic E-state index is -0.500. The van der Waals surface area contributed by atoms with Gasteiger partial charge in [0.05, 0.1) is 55.5 Å². The van der Waals surface area contributed by atoms with Gasteiger partial charge in [-0.1, -0.05) is 23.7 Å². The Morgan fingerprint density at radius 1 is 1.21 bits per heavy atom. The number of amidine groups is 1. The average molecular weight is 470 g/mol. The van der Waals surface area contributed by atoms with Gasteiger partial charge in [-0.3, -0.25) is 14.8 Å². The second-order valence-corrected chi connectivity index (χ2v) is 9.48. The summed E-state index contributed by atoms with van der Waals surface area (Å²) in [7, 11) is 1.67. The highest BCUT2D eigenvalue weighted by molar-refractivity contribution is 6.30. The molecule has 1 aromatic carbocycles. The first-order chi connectivity index (χ1) is 15.9. The summed E-state index contributed by atoms with van der Waals surface area (Å²) in [6.45, 7) is 7.80. The molecule has 2 aromatic rings. The third-order valence-electron chi connectivity index (χ3n) is 6.67. The number of rotatable bonds is 5. The van der Waals surface area contributed by atoms with Crippen molar-refractivity contribution in [1.29, 1.82) is 0 Å². The third-order valence-corrected chi connectivity index (χ3v) is 6.92. The highest BCUT2D eigenvalue weighted by atomic mass is 35.5. The fourth-order valence-electron chi connectivity index (χ4n) is 4.38. The molecule has 1 saturated heterocycles. The number of anilines is 2. The predicted octanol–water partition coefficient (Wildman–Crippen LogP) is 3.57. The van der Waals surface area contributed by atoms with Crippen LogP contribution in [-0.4, -0.2) is 73.4 Å². The molecule has 33 heavy (non-hydrogen) atoms. The van der Waals surface area contributed by atoms with Crippen LogP contribution >= 0.6 is 11.6 Å². The number of hydrogen-bond acceptors (Lipinski definition) is 6. The summed E-state index contributed by atoms with van der Waals surface area (Å²) in [5, 5.41) is 0.666. The van der Waals surface area contributed by atoms with Crippen molar-refractivity contribution in [2.75, 3.05) is 49.8 Å². The van der Waals surface area contributed by atoms with Crippen molar-refractivity contribution in [2.45, 2.75) is 32.0 Å². The van der Waals surface area contributed by atoms with Crippen LogP contribution < -0.4 is 9.80 Å². The smallest absolute Gasteiger partial charge is 0.330 e. The zero-order valence-corrected chi connectivity index (χ0v) is 19.9. The van der Waals surface area contributed by atoms with Gasteiger partial charge in [-0.15, -0.1) is 0 Å². The molecule has 1 atom stereocenters. The van der Waals surface area contributed by atoms with Gasteiger partial charge < -0.3 is 14.4 Å². The molecular formula is C24H28ClN5O3. The minimum Gasteiger partial charge on any atom is -0.378 e. The molecule has 2 amide bonds. The number of urea groups is 1. The molecule has 9 heteroatoms. The van der Waals surface area contributed by atoms with E-state index in [0.29, 0.717) is 37.2 Å². The van der Waals surface area contributed by atoms with E-state index >= 15 is 0 Å². The number of nitrogens with zero attached hydrogens (tertiary/aromatic N) is 5. The largest absolute Gasteiger partial charge is 0.378 e. The molecule has 0 aliphatic carbocycles. The molecule has 1 fully saturated rings.